The van der Waals surface area contributed by atoms with E-state index in [0.717, 1.165) is 24.3 Å². The summed E-state index contributed by atoms with van der Waals surface area (Å²) in [6, 6.07) is 14.2. The number of phenolic OH excluding ortho intramolecular Hbond substituents is 4. The first-order chi connectivity index (χ1) is 27.2. The first kappa shape index (κ1) is 36.1. The van der Waals surface area contributed by atoms with Gasteiger partial charge in [-0.05, 0) is 61.4 Å². The third-order valence-electron chi connectivity index (χ3n) is 9.97. The minimum atomic E-state index is -1.54. The molecule has 16 nitrogen and oxygen atoms in total. The number of rotatable bonds is 8. The van der Waals surface area contributed by atoms with Crippen molar-refractivity contribution in [2.75, 3.05) is 0 Å². The molecule has 0 fully saturated rings. The van der Waals surface area contributed by atoms with Gasteiger partial charge in [0.2, 0.25) is 0 Å². The fourth-order valence-electron chi connectivity index (χ4n) is 7.37. The highest BCUT2D eigenvalue weighted by Crippen LogP contribution is 2.45. The van der Waals surface area contributed by atoms with Crippen LogP contribution < -0.4 is 22.5 Å². The molecular weight excluding hydrogens is 748 g/mol. The molecule has 8 aromatic rings. The summed E-state index contributed by atoms with van der Waals surface area (Å²) in [5.41, 5.74) is -7.50. The highest BCUT2D eigenvalue weighted by Gasteiger charge is 2.34. The fourth-order valence-corrected chi connectivity index (χ4v) is 7.37. The van der Waals surface area contributed by atoms with Gasteiger partial charge in [0.05, 0.1) is 43.8 Å². The molecule has 0 spiro atoms. The molecular formula is C41H28O16. The zero-order chi connectivity index (χ0) is 40.4. The van der Waals surface area contributed by atoms with Crippen LogP contribution in [-0.4, -0.2) is 40.9 Å². The molecule has 0 saturated carbocycles. The molecule has 0 amide bonds. The molecule has 0 unspecified atom stereocenters. The van der Waals surface area contributed by atoms with Gasteiger partial charge >= 0.3 is 22.5 Å². The zero-order valence-corrected chi connectivity index (χ0v) is 29.0. The lowest BCUT2D eigenvalue weighted by molar-refractivity contribution is 0.417. The lowest BCUT2D eigenvalue weighted by Crippen LogP contribution is -2.22. The Morgan fingerprint density at radius 2 is 0.596 bits per heavy atom. The van der Waals surface area contributed by atoms with E-state index in [-0.39, 0.29) is 86.1 Å². The molecule has 4 aromatic heterocycles. The topological polar surface area (TPSA) is 283 Å². The van der Waals surface area contributed by atoms with Gasteiger partial charge in [0, 0.05) is 36.1 Å². The SMILES string of the molecule is O=c1oc2cc(O)ccc2c(O)c1C(CCCC(c1c(O)c2ccc(O)cc2oc1=O)c1c(O)c2ccc(O)cc2oc1=O)c1c(O)c2ccc(O)cc2oc1=O. The molecule has 8 N–H and O–H groups in total. The summed E-state index contributed by atoms with van der Waals surface area (Å²) in [7, 11) is 0. The second-order valence-corrected chi connectivity index (χ2v) is 13.4. The van der Waals surface area contributed by atoms with Crippen molar-refractivity contribution in [1.29, 1.82) is 0 Å². The monoisotopic (exact) mass is 776 g/mol. The quantitative estimate of drug-likeness (QED) is 0.0835. The average Bonchev–Trinajstić information content (AvgIpc) is 3.13. The second kappa shape index (κ2) is 13.5. The molecule has 4 heterocycles. The van der Waals surface area contributed by atoms with Crippen molar-refractivity contribution < 1.29 is 58.5 Å². The van der Waals surface area contributed by atoms with Crippen LogP contribution in [0.3, 0.4) is 0 Å². The Hall–Kier alpha value is -7.88. The number of hydrogen-bond donors (Lipinski definition) is 8. The second-order valence-electron chi connectivity index (χ2n) is 13.4. The highest BCUT2D eigenvalue weighted by atomic mass is 16.4. The van der Waals surface area contributed by atoms with Crippen LogP contribution in [0.5, 0.6) is 46.0 Å². The van der Waals surface area contributed by atoms with Crippen molar-refractivity contribution in [3.05, 3.63) is 137 Å². The van der Waals surface area contributed by atoms with E-state index in [2.05, 4.69) is 0 Å². The molecule has 288 valence electrons. The Morgan fingerprint density at radius 1 is 0.368 bits per heavy atom. The number of benzene rings is 4. The Bertz CT molecular complexity index is 2780. The average molecular weight is 777 g/mol. The van der Waals surface area contributed by atoms with E-state index < -0.39 is 79.6 Å². The molecule has 0 saturated heterocycles. The molecule has 0 bridgehead atoms. The van der Waals surface area contributed by atoms with Crippen molar-refractivity contribution in [2.24, 2.45) is 0 Å². The molecule has 0 aliphatic heterocycles. The lowest BCUT2D eigenvalue weighted by atomic mass is 9.82. The van der Waals surface area contributed by atoms with E-state index >= 15 is 0 Å². The molecule has 4 aromatic carbocycles. The molecule has 8 rings (SSSR count). The summed E-state index contributed by atoms with van der Waals surface area (Å²) < 4.78 is 21.7. The van der Waals surface area contributed by atoms with Crippen LogP contribution in [0.1, 0.15) is 53.4 Å². The molecule has 16 heteroatoms. The maximum absolute atomic E-state index is 13.7. The Labute approximate surface area is 315 Å². The molecule has 0 radical (unpaired) electrons. The fraction of sp³-hybridized carbons (Fsp3) is 0.122. The van der Waals surface area contributed by atoms with Crippen LogP contribution in [0.15, 0.2) is 110 Å². The van der Waals surface area contributed by atoms with Crippen LogP contribution in [0.2, 0.25) is 0 Å². The number of hydrogen-bond acceptors (Lipinski definition) is 16. The van der Waals surface area contributed by atoms with Gasteiger partial charge in [0.1, 0.15) is 68.3 Å². The Balaban J connectivity index is 1.31. The number of fused-ring (bicyclic) bond motifs is 4. The van der Waals surface area contributed by atoms with E-state index in [4.69, 9.17) is 17.7 Å². The summed E-state index contributed by atoms with van der Waals surface area (Å²) >= 11 is 0. The van der Waals surface area contributed by atoms with Crippen LogP contribution >= 0.6 is 0 Å². The standard InChI is InChI=1S/C41H28O16/c42-16-4-8-20-26(12-16)54-38(50)30(34(20)46)24(31-35(47)21-9-5-17(43)13-27(21)55-39(31)51)2-1-3-25(32-36(48)22-10-6-18(44)14-28(22)56-40(32)52)33-37(49)23-11-7-19(45)15-29(23)57-41(33)53/h4-15,24-25,42-49H,1-3H2. The van der Waals surface area contributed by atoms with Gasteiger partial charge in [0.15, 0.2) is 0 Å². The van der Waals surface area contributed by atoms with E-state index in [1.54, 1.807) is 0 Å². The third-order valence-corrected chi connectivity index (χ3v) is 9.97. The predicted molar refractivity (Wildman–Crippen MR) is 201 cm³/mol. The summed E-state index contributed by atoms with van der Waals surface area (Å²) in [6.45, 7) is 0. The van der Waals surface area contributed by atoms with Crippen molar-refractivity contribution >= 4 is 43.9 Å². The van der Waals surface area contributed by atoms with Gasteiger partial charge in [-0.25, -0.2) is 19.2 Å². The lowest BCUT2D eigenvalue weighted by Gasteiger charge is -2.22. The van der Waals surface area contributed by atoms with Gasteiger partial charge in [-0.15, -0.1) is 0 Å². The van der Waals surface area contributed by atoms with Gasteiger partial charge in [-0.2, -0.15) is 0 Å². The summed E-state index contributed by atoms with van der Waals surface area (Å²) in [5.74, 6) is -6.88. The van der Waals surface area contributed by atoms with E-state index in [1.807, 2.05) is 0 Å². The Kier molecular flexibility index (Phi) is 8.52. The normalized spacial score (nSPS) is 11.8. The van der Waals surface area contributed by atoms with E-state index in [1.165, 1.54) is 48.5 Å². The van der Waals surface area contributed by atoms with E-state index in [0.29, 0.717) is 0 Å². The molecule has 0 aliphatic rings. The molecule has 0 aliphatic carbocycles. The summed E-state index contributed by atoms with van der Waals surface area (Å²) in [6.07, 6.45) is -0.907. The van der Waals surface area contributed by atoms with Gasteiger partial charge in [-0.3, -0.25) is 0 Å². The van der Waals surface area contributed by atoms with Crippen LogP contribution in [0, 0.1) is 0 Å². The molecule has 0 atom stereocenters. The minimum absolute atomic E-state index is 0.0469. The smallest absolute Gasteiger partial charge is 0.343 e. The van der Waals surface area contributed by atoms with Crippen molar-refractivity contribution in [3.8, 4) is 46.0 Å². The largest absolute Gasteiger partial charge is 0.508 e. The minimum Gasteiger partial charge on any atom is -0.508 e. The summed E-state index contributed by atoms with van der Waals surface area (Å²) in [5, 5.41) is 85.8. The zero-order valence-electron chi connectivity index (χ0n) is 29.0. The van der Waals surface area contributed by atoms with Crippen molar-refractivity contribution in [2.45, 2.75) is 31.1 Å². The van der Waals surface area contributed by atoms with Crippen LogP contribution in [0.4, 0.5) is 0 Å². The van der Waals surface area contributed by atoms with Crippen LogP contribution in [-0.2, 0) is 0 Å². The van der Waals surface area contributed by atoms with Crippen molar-refractivity contribution in [1.82, 2.24) is 0 Å². The first-order valence-corrected chi connectivity index (χ1v) is 17.2. The third kappa shape index (κ3) is 6.05. The predicted octanol–water partition coefficient (Wildman–Crippen LogP) is 5.89. The maximum atomic E-state index is 13.7. The number of aromatic hydroxyl groups is 8. The highest BCUT2D eigenvalue weighted by molar-refractivity contribution is 5.89. The van der Waals surface area contributed by atoms with Gasteiger partial charge in [-0.1, -0.05) is 6.42 Å². The van der Waals surface area contributed by atoms with Crippen molar-refractivity contribution in [3.63, 3.8) is 0 Å². The maximum Gasteiger partial charge on any atom is 0.343 e. The first-order valence-electron chi connectivity index (χ1n) is 17.2. The van der Waals surface area contributed by atoms with E-state index in [9.17, 15) is 60.0 Å². The molecule has 57 heavy (non-hydrogen) atoms. The summed E-state index contributed by atoms with van der Waals surface area (Å²) in [4.78, 5) is 54.6. The Morgan fingerprint density at radius 3 is 0.825 bits per heavy atom. The van der Waals surface area contributed by atoms with Gasteiger partial charge in [0.25, 0.3) is 0 Å². The van der Waals surface area contributed by atoms with Crippen LogP contribution in [0.25, 0.3) is 43.9 Å². The van der Waals surface area contributed by atoms with Gasteiger partial charge < -0.3 is 58.5 Å². The number of phenols is 4.